The summed E-state index contributed by atoms with van der Waals surface area (Å²) < 4.78 is 45.9. The molecule has 0 unspecified atom stereocenters. The van der Waals surface area contributed by atoms with Gasteiger partial charge in [0.05, 0.1) is 33.0 Å². The van der Waals surface area contributed by atoms with E-state index in [1.807, 2.05) is 18.2 Å². The van der Waals surface area contributed by atoms with Gasteiger partial charge in [-0.2, -0.15) is 0 Å². The van der Waals surface area contributed by atoms with Crippen molar-refractivity contribution in [3.63, 3.8) is 0 Å². The van der Waals surface area contributed by atoms with E-state index >= 15 is 0 Å². The van der Waals surface area contributed by atoms with Gasteiger partial charge in [-0.15, -0.1) is 0 Å². The molecule has 0 spiro atoms. The van der Waals surface area contributed by atoms with Gasteiger partial charge in [0.1, 0.15) is 11.4 Å². The van der Waals surface area contributed by atoms with Crippen molar-refractivity contribution in [3.8, 4) is 28.7 Å². The second kappa shape index (κ2) is 8.17. The fourth-order valence-corrected chi connectivity index (χ4v) is 5.08. The fourth-order valence-electron chi connectivity index (χ4n) is 5.08. The van der Waals surface area contributed by atoms with Gasteiger partial charge < -0.3 is 48.1 Å². The van der Waals surface area contributed by atoms with Crippen LogP contribution in [0.1, 0.15) is 23.3 Å². The van der Waals surface area contributed by atoms with Crippen LogP contribution in [0.25, 0.3) is 0 Å². The molecule has 2 saturated heterocycles. The standard InChI is InChI=1S/C24H26O10/c1-27-9-20-21(12-3-4-15-17(5-12)32-11-31-15)34-19-7-16(28-2)13(6-18(19)33-20)22-14-8-29-23(25)24(14,26)10-30-22/h3-7,14,20-23,25-26H,8-11H2,1-2H3/t14-,20-,21-,22-,23+,24-/m1/s1. The van der Waals surface area contributed by atoms with Crippen molar-refractivity contribution in [3.05, 3.63) is 41.5 Å². The maximum absolute atomic E-state index is 10.8. The number of hydrogen-bond acceptors (Lipinski definition) is 10. The number of fused-ring (bicyclic) bond motifs is 3. The maximum atomic E-state index is 10.8. The Hall–Kier alpha value is -2.76. The Balaban J connectivity index is 1.35. The lowest BCUT2D eigenvalue weighted by Crippen LogP contribution is -2.43. The zero-order chi connectivity index (χ0) is 23.4. The highest BCUT2D eigenvalue weighted by Crippen LogP contribution is 2.52. The SMILES string of the molecule is COC[C@H]1Oc2cc([C@H]3OC[C@@]4(O)[C@@H]3CO[C@@H]4O)c(OC)cc2O[C@@H]1c1ccc2c(c1)OCO2. The van der Waals surface area contributed by atoms with Gasteiger partial charge in [0.2, 0.25) is 6.79 Å². The van der Waals surface area contributed by atoms with Gasteiger partial charge in [0.15, 0.2) is 41.5 Å². The van der Waals surface area contributed by atoms with E-state index < -0.39 is 36.1 Å². The largest absolute Gasteiger partial charge is 0.496 e. The average molecular weight is 474 g/mol. The first-order chi connectivity index (χ1) is 16.5. The first-order valence-corrected chi connectivity index (χ1v) is 11.1. The average Bonchev–Trinajstić information content (AvgIpc) is 3.52. The molecule has 10 heteroatoms. The van der Waals surface area contributed by atoms with Crippen molar-refractivity contribution >= 4 is 0 Å². The Kier molecular flexibility index (Phi) is 5.23. The predicted octanol–water partition coefficient (Wildman–Crippen LogP) is 1.72. The predicted molar refractivity (Wildman–Crippen MR) is 114 cm³/mol. The number of ether oxygens (including phenoxy) is 8. The lowest BCUT2D eigenvalue weighted by Gasteiger charge is -2.35. The molecular weight excluding hydrogens is 448 g/mol. The summed E-state index contributed by atoms with van der Waals surface area (Å²) in [5.74, 6) is 2.43. The van der Waals surface area contributed by atoms with Gasteiger partial charge in [-0.25, -0.2) is 0 Å². The molecule has 4 heterocycles. The Morgan fingerprint density at radius 3 is 2.62 bits per heavy atom. The van der Waals surface area contributed by atoms with E-state index in [1.54, 1.807) is 26.4 Å². The van der Waals surface area contributed by atoms with Crippen LogP contribution < -0.4 is 23.7 Å². The summed E-state index contributed by atoms with van der Waals surface area (Å²) in [6.07, 6.45) is -2.72. The monoisotopic (exact) mass is 474 g/mol. The molecule has 4 aliphatic heterocycles. The zero-order valence-corrected chi connectivity index (χ0v) is 18.8. The lowest BCUT2D eigenvalue weighted by molar-refractivity contribution is -0.167. The lowest BCUT2D eigenvalue weighted by atomic mass is 9.85. The van der Waals surface area contributed by atoms with Crippen molar-refractivity contribution in [2.45, 2.75) is 30.2 Å². The zero-order valence-electron chi connectivity index (χ0n) is 18.8. The molecule has 6 atom stereocenters. The fraction of sp³-hybridized carbons (Fsp3) is 0.500. The molecule has 0 aliphatic carbocycles. The normalized spacial score (nSPS) is 33.1. The molecule has 2 aromatic rings. The first-order valence-electron chi connectivity index (χ1n) is 11.1. The molecule has 10 nitrogen and oxygen atoms in total. The van der Waals surface area contributed by atoms with Gasteiger partial charge in [-0.3, -0.25) is 0 Å². The second-order valence-electron chi connectivity index (χ2n) is 8.82. The van der Waals surface area contributed by atoms with Crippen LogP contribution in [-0.4, -0.2) is 69.0 Å². The summed E-state index contributed by atoms with van der Waals surface area (Å²) in [7, 11) is 3.16. The maximum Gasteiger partial charge on any atom is 0.231 e. The van der Waals surface area contributed by atoms with Crippen LogP contribution in [0.4, 0.5) is 0 Å². The van der Waals surface area contributed by atoms with Crippen LogP contribution in [0.2, 0.25) is 0 Å². The second-order valence-corrected chi connectivity index (χ2v) is 8.82. The van der Waals surface area contributed by atoms with Crippen LogP contribution in [0, 0.1) is 5.92 Å². The Bertz CT molecular complexity index is 1090. The van der Waals surface area contributed by atoms with E-state index in [1.165, 1.54) is 0 Å². The summed E-state index contributed by atoms with van der Waals surface area (Å²) in [6.45, 7) is 0.604. The summed E-state index contributed by atoms with van der Waals surface area (Å²) in [4.78, 5) is 0. The van der Waals surface area contributed by atoms with Crippen LogP contribution in [-0.2, 0) is 14.2 Å². The molecule has 0 amide bonds. The minimum atomic E-state index is -1.47. The Morgan fingerprint density at radius 2 is 1.79 bits per heavy atom. The van der Waals surface area contributed by atoms with E-state index in [9.17, 15) is 10.2 Å². The van der Waals surface area contributed by atoms with Crippen LogP contribution in [0.3, 0.4) is 0 Å². The quantitative estimate of drug-likeness (QED) is 0.664. The van der Waals surface area contributed by atoms with Crippen molar-refractivity contribution < 1.29 is 48.1 Å². The number of aliphatic hydroxyl groups excluding tert-OH is 1. The molecule has 182 valence electrons. The Labute approximate surface area is 195 Å². The number of aliphatic hydroxyl groups is 2. The van der Waals surface area contributed by atoms with Gasteiger partial charge in [-0.1, -0.05) is 6.07 Å². The van der Waals surface area contributed by atoms with Crippen molar-refractivity contribution in [1.82, 2.24) is 0 Å². The molecule has 4 aliphatic rings. The van der Waals surface area contributed by atoms with E-state index in [-0.39, 0.29) is 20.0 Å². The smallest absolute Gasteiger partial charge is 0.231 e. The molecule has 0 radical (unpaired) electrons. The topological polar surface area (TPSA) is 114 Å². The molecule has 0 bridgehead atoms. The van der Waals surface area contributed by atoms with Crippen molar-refractivity contribution in [2.75, 3.05) is 40.8 Å². The molecule has 2 fully saturated rings. The van der Waals surface area contributed by atoms with Crippen molar-refractivity contribution in [1.29, 1.82) is 0 Å². The third kappa shape index (κ3) is 3.29. The van der Waals surface area contributed by atoms with E-state index in [0.29, 0.717) is 40.9 Å². The number of hydrogen-bond donors (Lipinski definition) is 2. The van der Waals surface area contributed by atoms with Crippen molar-refractivity contribution in [2.24, 2.45) is 5.92 Å². The summed E-state index contributed by atoms with van der Waals surface area (Å²) in [6, 6.07) is 9.20. The third-order valence-electron chi connectivity index (χ3n) is 6.89. The molecule has 2 aromatic carbocycles. The Morgan fingerprint density at radius 1 is 0.971 bits per heavy atom. The van der Waals surface area contributed by atoms with Crippen LogP contribution in [0.15, 0.2) is 30.3 Å². The van der Waals surface area contributed by atoms with Gasteiger partial charge >= 0.3 is 0 Å². The third-order valence-corrected chi connectivity index (χ3v) is 6.89. The van der Waals surface area contributed by atoms with E-state index in [0.717, 1.165) is 5.56 Å². The first kappa shape index (κ1) is 21.8. The minimum absolute atomic E-state index is 0.0421. The highest BCUT2D eigenvalue weighted by atomic mass is 16.7. The summed E-state index contributed by atoms with van der Waals surface area (Å²) in [5.41, 5.74) is 0.0776. The molecule has 34 heavy (non-hydrogen) atoms. The van der Waals surface area contributed by atoms with E-state index in [4.69, 9.17) is 37.9 Å². The highest BCUT2D eigenvalue weighted by molar-refractivity contribution is 5.54. The van der Waals surface area contributed by atoms with Crippen LogP contribution in [0.5, 0.6) is 28.7 Å². The molecular formula is C24H26O10. The number of benzene rings is 2. The van der Waals surface area contributed by atoms with Gasteiger partial charge in [0, 0.05) is 30.2 Å². The molecule has 2 N–H and O–H groups in total. The van der Waals surface area contributed by atoms with Crippen LogP contribution >= 0.6 is 0 Å². The highest BCUT2D eigenvalue weighted by Gasteiger charge is 2.59. The van der Waals surface area contributed by atoms with Gasteiger partial charge in [-0.05, 0) is 18.2 Å². The number of methoxy groups -OCH3 is 2. The molecule has 6 rings (SSSR count). The van der Waals surface area contributed by atoms with E-state index in [2.05, 4.69) is 0 Å². The van der Waals surface area contributed by atoms with Gasteiger partial charge in [0.25, 0.3) is 0 Å². The minimum Gasteiger partial charge on any atom is -0.496 e. The summed E-state index contributed by atoms with van der Waals surface area (Å²) >= 11 is 0. The summed E-state index contributed by atoms with van der Waals surface area (Å²) in [5, 5.41) is 20.9. The molecule has 0 aromatic heterocycles. The number of rotatable bonds is 5. The molecule has 0 saturated carbocycles.